The molecule has 4 rings (SSSR count). The van der Waals surface area contributed by atoms with E-state index >= 15 is 0 Å². The quantitative estimate of drug-likeness (QED) is 0.452. The van der Waals surface area contributed by atoms with Crippen molar-refractivity contribution < 1.29 is 13.5 Å². The monoisotopic (exact) mass is 461 g/mol. The molecule has 29 heavy (non-hydrogen) atoms. The average molecular weight is 462 g/mol. The Morgan fingerprint density at radius 2 is 1.90 bits per heavy atom. The number of halogens is 3. The first-order valence-corrected chi connectivity index (χ1v) is 10.6. The smallest absolute Gasteiger partial charge is 0.264 e. The van der Waals surface area contributed by atoms with Gasteiger partial charge in [-0.1, -0.05) is 46.3 Å². The maximum Gasteiger partial charge on any atom is 0.264 e. The second kappa shape index (κ2) is 9.13. The van der Waals surface area contributed by atoms with Gasteiger partial charge in [0.05, 0.1) is 5.69 Å². The van der Waals surface area contributed by atoms with Crippen LogP contribution in [0.1, 0.15) is 37.1 Å². The Hall–Kier alpha value is -2.12. The summed E-state index contributed by atoms with van der Waals surface area (Å²) in [5.41, 5.74) is 1.19. The predicted molar refractivity (Wildman–Crippen MR) is 111 cm³/mol. The van der Waals surface area contributed by atoms with Crippen LogP contribution < -0.4 is 0 Å². The van der Waals surface area contributed by atoms with Crippen LogP contribution in [0.3, 0.4) is 0 Å². The molecule has 152 valence electrons. The zero-order valence-corrected chi connectivity index (χ0v) is 17.5. The van der Waals surface area contributed by atoms with Crippen molar-refractivity contribution in [2.75, 3.05) is 13.2 Å². The van der Waals surface area contributed by atoms with Gasteiger partial charge in [-0.2, -0.15) is 0 Å². The van der Waals surface area contributed by atoms with Crippen LogP contribution in [0.25, 0.3) is 17.1 Å². The van der Waals surface area contributed by atoms with Gasteiger partial charge in [0.1, 0.15) is 5.82 Å². The van der Waals surface area contributed by atoms with Crippen LogP contribution in [0.4, 0.5) is 8.78 Å². The molecule has 0 radical (unpaired) electrons. The highest BCUT2D eigenvalue weighted by Crippen LogP contribution is 2.30. The van der Waals surface area contributed by atoms with Gasteiger partial charge in [0, 0.05) is 35.2 Å². The predicted octanol–water partition coefficient (Wildman–Crippen LogP) is 5.99. The molecule has 0 bridgehead atoms. The van der Waals surface area contributed by atoms with Crippen molar-refractivity contribution >= 4 is 15.9 Å². The van der Waals surface area contributed by atoms with Gasteiger partial charge in [0.15, 0.2) is 5.82 Å². The normalized spacial score (nSPS) is 15.2. The van der Waals surface area contributed by atoms with E-state index in [1.54, 1.807) is 22.9 Å². The van der Waals surface area contributed by atoms with Gasteiger partial charge >= 0.3 is 0 Å². The number of hydrogen-bond acceptors (Lipinski definition) is 3. The van der Waals surface area contributed by atoms with Crippen LogP contribution in [-0.4, -0.2) is 28.0 Å². The van der Waals surface area contributed by atoms with E-state index in [-0.39, 0.29) is 5.56 Å². The van der Waals surface area contributed by atoms with Crippen LogP contribution in [0.15, 0.2) is 53.0 Å². The van der Waals surface area contributed by atoms with Gasteiger partial charge in [-0.15, -0.1) is 5.10 Å². The van der Waals surface area contributed by atoms with Crippen molar-refractivity contribution in [2.45, 2.75) is 32.1 Å². The first kappa shape index (κ1) is 20.2. The van der Waals surface area contributed by atoms with Crippen LogP contribution in [0.5, 0.6) is 0 Å². The molecule has 0 saturated carbocycles. The average Bonchev–Trinajstić information content (AvgIpc) is 3.17. The minimum Gasteiger partial charge on any atom is -0.381 e. The molecule has 0 aliphatic carbocycles. The fraction of sp³-hybridized carbons (Fsp3) is 0.364. The maximum absolute atomic E-state index is 13.5. The van der Waals surface area contributed by atoms with Crippen molar-refractivity contribution in [3.8, 4) is 17.1 Å². The van der Waals surface area contributed by atoms with E-state index < -0.39 is 6.43 Å². The minimum absolute atomic E-state index is 0.0464. The molecule has 1 aromatic heterocycles. The summed E-state index contributed by atoms with van der Waals surface area (Å²) < 4.78 is 35.2. The Kier molecular flexibility index (Phi) is 6.35. The maximum atomic E-state index is 13.5. The summed E-state index contributed by atoms with van der Waals surface area (Å²) in [7, 11) is 0. The number of aromatic nitrogens is 3. The van der Waals surface area contributed by atoms with Gasteiger partial charge in [-0.05, 0) is 43.4 Å². The topological polar surface area (TPSA) is 39.9 Å². The molecular weight excluding hydrogens is 440 g/mol. The van der Waals surface area contributed by atoms with E-state index in [9.17, 15) is 8.78 Å². The molecule has 1 fully saturated rings. The number of rotatable bonds is 6. The number of nitrogens with zero attached hydrogens (tertiary/aromatic N) is 3. The Morgan fingerprint density at radius 3 is 2.66 bits per heavy atom. The summed E-state index contributed by atoms with van der Waals surface area (Å²) in [6.07, 6.45) is 1.24. The lowest BCUT2D eigenvalue weighted by atomic mass is 9.95. The second-order valence-electron chi connectivity index (χ2n) is 7.23. The second-order valence-corrected chi connectivity index (χ2v) is 8.14. The summed E-state index contributed by atoms with van der Waals surface area (Å²) in [4.78, 5) is 4.69. The van der Waals surface area contributed by atoms with E-state index in [1.807, 2.05) is 24.3 Å². The van der Waals surface area contributed by atoms with Crippen molar-refractivity contribution in [3.05, 3.63) is 64.4 Å². The van der Waals surface area contributed by atoms with Crippen LogP contribution in [0.2, 0.25) is 0 Å². The molecule has 2 aromatic carbocycles. The van der Waals surface area contributed by atoms with Gasteiger partial charge in [0.2, 0.25) is 0 Å². The number of benzene rings is 2. The lowest BCUT2D eigenvalue weighted by Gasteiger charge is -2.21. The summed E-state index contributed by atoms with van der Waals surface area (Å²) in [5, 5.41) is 4.63. The van der Waals surface area contributed by atoms with E-state index in [1.165, 1.54) is 6.07 Å². The molecule has 0 atom stereocenters. The molecule has 4 nitrogen and oxygen atoms in total. The summed E-state index contributed by atoms with van der Waals surface area (Å²) in [6, 6.07) is 14.2. The van der Waals surface area contributed by atoms with Gasteiger partial charge in [-0.25, -0.2) is 18.4 Å². The fourth-order valence-corrected chi connectivity index (χ4v) is 4.08. The van der Waals surface area contributed by atoms with Gasteiger partial charge in [-0.3, -0.25) is 0 Å². The lowest BCUT2D eigenvalue weighted by Crippen LogP contribution is -2.17. The molecule has 0 amide bonds. The van der Waals surface area contributed by atoms with E-state index in [0.29, 0.717) is 17.3 Å². The Morgan fingerprint density at radius 1 is 1.10 bits per heavy atom. The molecule has 1 aliphatic heterocycles. The first-order valence-electron chi connectivity index (χ1n) is 9.79. The van der Waals surface area contributed by atoms with Crippen molar-refractivity contribution in [2.24, 2.45) is 5.92 Å². The molecule has 2 heterocycles. The number of aryl methyl sites for hydroxylation is 1. The largest absolute Gasteiger partial charge is 0.381 e. The standard InChI is InChI=1S/C22H22BrF2N3O/c23-16-4-3-5-17(14-16)28-20(9-8-15-10-12-29-13-11-15)26-22(27-28)19-7-2-1-6-18(19)21(24)25/h1-7,14-15,21H,8-13H2. The van der Waals surface area contributed by atoms with Gasteiger partial charge < -0.3 is 4.74 Å². The Labute approximate surface area is 177 Å². The number of ether oxygens (including phenoxy) is 1. The third kappa shape index (κ3) is 4.73. The third-order valence-corrected chi connectivity index (χ3v) is 5.77. The molecule has 3 aromatic rings. The zero-order valence-electron chi connectivity index (χ0n) is 15.9. The van der Waals surface area contributed by atoms with Crippen molar-refractivity contribution in [1.82, 2.24) is 14.8 Å². The zero-order chi connectivity index (χ0) is 20.2. The SMILES string of the molecule is FC(F)c1ccccc1-c1nc(CCC2CCOCC2)n(-c2cccc(Br)c2)n1. The van der Waals surface area contributed by atoms with Gasteiger partial charge in [0.25, 0.3) is 6.43 Å². The number of alkyl halides is 2. The summed E-state index contributed by atoms with van der Waals surface area (Å²) in [5.74, 6) is 1.71. The molecule has 0 spiro atoms. The Balaban J connectivity index is 1.70. The lowest BCUT2D eigenvalue weighted by molar-refractivity contribution is 0.0638. The summed E-state index contributed by atoms with van der Waals surface area (Å²) in [6.45, 7) is 1.60. The summed E-state index contributed by atoms with van der Waals surface area (Å²) >= 11 is 3.49. The molecule has 1 saturated heterocycles. The highest BCUT2D eigenvalue weighted by Gasteiger charge is 2.21. The highest BCUT2D eigenvalue weighted by atomic mass is 79.9. The van der Waals surface area contributed by atoms with Crippen LogP contribution >= 0.6 is 15.9 Å². The molecule has 7 heteroatoms. The van der Waals surface area contributed by atoms with Crippen molar-refractivity contribution in [3.63, 3.8) is 0 Å². The highest BCUT2D eigenvalue weighted by molar-refractivity contribution is 9.10. The minimum atomic E-state index is -2.57. The Bertz CT molecular complexity index is 970. The molecule has 0 unspecified atom stereocenters. The molecule has 0 N–H and O–H groups in total. The van der Waals surface area contributed by atoms with E-state index in [0.717, 1.165) is 54.9 Å². The number of hydrogen-bond donors (Lipinski definition) is 0. The van der Waals surface area contributed by atoms with E-state index in [4.69, 9.17) is 4.74 Å². The van der Waals surface area contributed by atoms with Crippen molar-refractivity contribution in [1.29, 1.82) is 0 Å². The van der Waals surface area contributed by atoms with E-state index in [2.05, 4.69) is 26.0 Å². The van der Waals surface area contributed by atoms with Crippen LogP contribution in [0, 0.1) is 5.92 Å². The third-order valence-electron chi connectivity index (χ3n) is 5.28. The molecule has 1 aliphatic rings. The first-order chi connectivity index (χ1) is 14.1. The fourth-order valence-electron chi connectivity index (χ4n) is 3.69. The molecular formula is C22H22BrF2N3O. The van der Waals surface area contributed by atoms with Crippen LogP contribution in [-0.2, 0) is 11.2 Å².